The van der Waals surface area contributed by atoms with Gasteiger partial charge in [0, 0.05) is 11.6 Å². The van der Waals surface area contributed by atoms with Crippen LogP contribution >= 0.6 is 11.6 Å². The number of halogens is 1. The molecule has 0 spiro atoms. The summed E-state index contributed by atoms with van der Waals surface area (Å²) in [5, 5.41) is 3.42. The molecule has 5 nitrogen and oxygen atoms in total. The molecule has 0 saturated carbocycles. The predicted molar refractivity (Wildman–Crippen MR) is 90.6 cm³/mol. The maximum Gasteiger partial charge on any atom is 0.246 e. The van der Waals surface area contributed by atoms with Gasteiger partial charge in [-0.3, -0.25) is 4.79 Å². The first-order chi connectivity index (χ1) is 11.7. The van der Waals surface area contributed by atoms with E-state index in [0.29, 0.717) is 23.1 Å². The monoisotopic (exact) mass is 347 g/mol. The van der Waals surface area contributed by atoms with Gasteiger partial charge in [0.25, 0.3) is 0 Å². The Morgan fingerprint density at radius 2 is 2.00 bits per heavy atom. The van der Waals surface area contributed by atoms with Crippen LogP contribution in [0.15, 0.2) is 48.5 Å². The van der Waals surface area contributed by atoms with Crippen LogP contribution < -0.4 is 14.8 Å². The second-order valence-corrected chi connectivity index (χ2v) is 5.83. The third-order valence-electron chi connectivity index (χ3n) is 3.77. The van der Waals surface area contributed by atoms with Gasteiger partial charge in [-0.15, -0.1) is 0 Å². The highest BCUT2D eigenvalue weighted by molar-refractivity contribution is 6.30. The fraction of sp³-hybridized carbons (Fsp3) is 0.278. The summed E-state index contributed by atoms with van der Waals surface area (Å²) in [7, 11) is 1.59. The van der Waals surface area contributed by atoms with Gasteiger partial charge in [-0.25, -0.2) is 0 Å². The van der Waals surface area contributed by atoms with E-state index in [2.05, 4.69) is 5.32 Å². The maximum atomic E-state index is 11.4. The minimum absolute atomic E-state index is 0.0109. The topological polar surface area (TPSA) is 56.8 Å². The number of carbonyl (C=O) groups is 1. The molecule has 0 aliphatic carbocycles. The van der Waals surface area contributed by atoms with Crippen molar-refractivity contribution in [2.24, 2.45) is 0 Å². The molecule has 0 radical (unpaired) electrons. The molecule has 1 fully saturated rings. The van der Waals surface area contributed by atoms with Gasteiger partial charge < -0.3 is 19.5 Å². The quantitative estimate of drug-likeness (QED) is 0.903. The summed E-state index contributed by atoms with van der Waals surface area (Å²) in [5.41, 5.74) is 0.870. The molecule has 2 unspecified atom stereocenters. The second-order valence-electron chi connectivity index (χ2n) is 5.40. The Hall–Kier alpha value is -2.24. The molecule has 2 aromatic carbocycles. The lowest BCUT2D eigenvalue weighted by atomic mass is 10.0. The van der Waals surface area contributed by atoms with Crippen molar-refractivity contribution in [1.29, 1.82) is 0 Å². The lowest BCUT2D eigenvalue weighted by Gasteiger charge is -2.31. The number of rotatable bonds is 5. The zero-order valence-electron chi connectivity index (χ0n) is 13.2. The number of ether oxygens (including phenoxy) is 3. The van der Waals surface area contributed by atoms with Gasteiger partial charge in [-0.05, 0) is 29.8 Å². The summed E-state index contributed by atoms with van der Waals surface area (Å²) in [6.45, 7) is 0.377. The molecule has 2 atom stereocenters. The minimum atomic E-state index is -0.430. The number of methoxy groups -OCH3 is 1. The number of hydrogen-bond donors (Lipinski definition) is 1. The number of benzene rings is 2. The Kier molecular flexibility index (Phi) is 5.23. The van der Waals surface area contributed by atoms with Crippen molar-refractivity contribution in [3.8, 4) is 11.5 Å². The first-order valence-corrected chi connectivity index (χ1v) is 7.98. The summed E-state index contributed by atoms with van der Waals surface area (Å²) >= 11 is 6.12. The Balaban J connectivity index is 1.91. The molecule has 1 saturated heterocycles. The largest absolute Gasteiger partial charge is 0.493 e. The molecule has 1 aliphatic heterocycles. The van der Waals surface area contributed by atoms with Crippen molar-refractivity contribution in [2.45, 2.75) is 12.2 Å². The fourth-order valence-electron chi connectivity index (χ4n) is 2.60. The van der Waals surface area contributed by atoms with Gasteiger partial charge in [0.2, 0.25) is 5.91 Å². The van der Waals surface area contributed by atoms with E-state index < -0.39 is 6.10 Å². The number of hydrogen-bond acceptors (Lipinski definition) is 4. The van der Waals surface area contributed by atoms with E-state index in [4.69, 9.17) is 25.8 Å². The van der Waals surface area contributed by atoms with Crippen LogP contribution in [0.1, 0.15) is 11.7 Å². The molecular formula is C18H18ClNO4. The summed E-state index contributed by atoms with van der Waals surface area (Å²) in [6, 6.07) is 14.8. The molecule has 0 aromatic heterocycles. The lowest BCUT2D eigenvalue weighted by Crippen LogP contribution is -2.46. The Labute approximate surface area is 145 Å². The summed E-state index contributed by atoms with van der Waals surface area (Å²) in [5.74, 6) is 1.10. The van der Waals surface area contributed by atoms with E-state index >= 15 is 0 Å². The molecule has 0 bridgehead atoms. The molecule has 1 N–H and O–H groups in total. The molecule has 1 heterocycles. The molecule has 2 aromatic rings. The highest BCUT2D eigenvalue weighted by atomic mass is 35.5. The highest BCUT2D eigenvalue weighted by Gasteiger charge is 2.31. The van der Waals surface area contributed by atoms with Crippen LogP contribution in [0.3, 0.4) is 0 Å². The normalized spacial score (nSPS) is 18.6. The van der Waals surface area contributed by atoms with Gasteiger partial charge >= 0.3 is 0 Å². The standard InChI is InChI=1S/C18H18ClNO4/c1-22-14-7-2-3-8-15(14)24-18(12-5-4-6-13(19)9-12)16-10-20-17(21)11-23-16/h2-9,16,18H,10-11H2,1H3,(H,20,21). The van der Waals surface area contributed by atoms with Gasteiger partial charge in [-0.2, -0.15) is 0 Å². The zero-order chi connectivity index (χ0) is 16.9. The predicted octanol–water partition coefficient (Wildman–Crippen LogP) is 2.98. The highest BCUT2D eigenvalue weighted by Crippen LogP contribution is 2.34. The minimum Gasteiger partial charge on any atom is -0.493 e. The molecule has 1 aliphatic rings. The summed E-state index contributed by atoms with van der Waals surface area (Å²) in [6.07, 6.45) is -0.758. The van der Waals surface area contributed by atoms with Crippen LogP contribution in [0.4, 0.5) is 0 Å². The van der Waals surface area contributed by atoms with E-state index in [1.54, 1.807) is 13.2 Å². The third kappa shape index (κ3) is 3.80. The van der Waals surface area contributed by atoms with Crippen molar-refractivity contribution in [3.63, 3.8) is 0 Å². The van der Waals surface area contributed by atoms with E-state index in [1.165, 1.54) is 0 Å². The van der Waals surface area contributed by atoms with Crippen LogP contribution in [0.5, 0.6) is 11.5 Å². The molecule has 126 valence electrons. The average molecular weight is 348 g/mol. The zero-order valence-corrected chi connectivity index (χ0v) is 14.0. The fourth-order valence-corrected chi connectivity index (χ4v) is 2.80. The van der Waals surface area contributed by atoms with Crippen LogP contribution in [-0.4, -0.2) is 32.3 Å². The van der Waals surface area contributed by atoms with Crippen LogP contribution in [0.2, 0.25) is 5.02 Å². The third-order valence-corrected chi connectivity index (χ3v) is 4.00. The number of carbonyl (C=O) groups excluding carboxylic acids is 1. The van der Waals surface area contributed by atoms with Crippen molar-refractivity contribution < 1.29 is 19.0 Å². The second kappa shape index (κ2) is 7.55. The van der Waals surface area contributed by atoms with Gasteiger partial charge in [0.15, 0.2) is 17.6 Å². The number of nitrogens with one attached hydrogen (secondary N) is 1. The van der Waals surface area contributed by atoms with Gasteiger partial charge in [0.1, 0.15) is 12.7 Å². The van der Waals surface area contributed by atoms with E-state index in [0.717, 1.165) is 5.56 Å². The molecule has 6 heteroatoms. The van der Waals surface area contributed by atoms with Crippen molar-refractivity contribution >= 4 is 17.5 Å². The van der Waals surface area contributed by atoms with Gasteiger partial charge in [-0.1, -0.05) is 35.9 Å². The maximum absolute atomic E-state index is 11.4. The first kappa shape index (κ1) is 16.6. The molecular weight excluding hydrogens is 330 g/mol. The Morgan fingerprint density at radius 1 is 1.21 bits per heavy atom. The van der Waals surface area contributed by atoms with E-state index in [-0.39, 0.29) is 18.6 Å². The van der Waals surface area contributed by atoms with Crippen molar-refractivity contribution in [3.05, 3.63) is 59.1 Å². The molecule has 3 rings (SSSR count). The summed E-state index contributed by atoms with van der Waals surface area (Å²) < 4.78 is 17.2. The van der Waals surface area contributed by atoms with E-state index in [9.17, 15) is 4.79 Å². The number of amides is 1. The van der Waals surface area contributed by atoms with Crippen molar-refractivity contribution in [1.82, 2.24) is 5.32 Å². The summed E-state index contributed by atoms with van der Waals surface area (Å²) in [4.78, 5) is 11.4. The lowest BCUT2D eigenvalue weighted by molar-refractivity contribution is -0.137. The smallest absolute Gasteiger partial charge is 0.246 e. The number of morpholine rings is 1. The van der Waals surface area contributed by atoms with Crippen LogP contribution in [0, 0.1) is 0 Å². The van der Waals surface area contributed by atoms with Crippen molar-refractivity contribution in [2.75, 3.05) is 20.3 Å². The Bertz CT molecular complexity index is 712. The number of para-hydroxylation sites is 2. The SMILES string of the molecule is COc1ccccc1OC(c1cccc(Cl)c1)C1CNC(=O)CO1. The van der Waals surface area contributed by atoms with E-state index in [1.807, 2.05) is 42.5 Å². The first-order valence-electron chi connectivity index (χ1n) is 7.61. The molecule has 24 heavy (non-hydrogen) atoms. The van der Waals surface area contributed by atoms with Crippen LogP contribution in [0.25, 0.3) is 0 Å². The Morgan fingerprint density at radius 3 is 2.67 bits per heavy atom. The van der Waals surface area contributed by atoms with Crippen LogP contribution in [-0.2, 0) is 9.53 Å². The average Bonchev–Trinajstić information content (AvgIpc) is 2.61. The molecule has 1 amide bonds. The van der Waals surface area contributed by atoms with Gasteiger partial charge in [0.05, 0.1) is 7.11 Å².